The second kappa shape index (κ2) is 6.53. The van der Waals surface area contributed by atoms with E-state index in [1.54, 1.807) is 17.5 Å². The van der Waals surface area contributed by atoms with E-state index in [1.807, 2.05) is 5.38 Å². The fourth-order valence-electron chi connectivity index (χ4n) is 1.22. The van der Waals surface area contributed by atoms with E-state index in [0.717, 1.165) is 24.6 Å². The van der Waals surface area contributed by atoms with Crippen LogP contribution in [0.4, 0.5) is 0 Å². The smallest absolute Gasteiger partial charge is 0.306 e. The molecule has 4 nitrogen and oxygen atoms in total. The molecule has 0 fully saturated rings. The maximum atomic E-state index is 11.0. The van der Waals surface area contributed by atoms with Gasteiger partial charge in [0, 0.05) is 18.1 Å². The number of thiazole rings is 1. The Labute approximate surface area is 93.9 Å². The molecular formula is C10H16N2O2S. The number of aromatic nitrogens is 1. The summed E-state index contributed by atoms with van der Waals surface area (Å²) in [5.41, 5.74) is 0. The number of carbonyl (C=O) groups is 1. The standard InChI is InChI=1S/C10H16N2O2S/c1-3-12(6-4-10(13)14-2)8-9-11-5-7-15-9/h5,7H,3-4,6,8H2,1-2H3. The van der Waals surface area contributed by atoms with Crippen molar-refractivity contribution < 1.29 is 9.53 Å². The Morgan fingerprint density at radius 3 is 3.00 bits per heavy atom. The van der Waals surface area contributed by atoms with Gasteiger partial charge >= 0.3 is 5.97 Å². The number of ether oxygens (including phenoxy) is 1. The number of methoxy groups -OCH3 is 1. The molecule has 0 aromatic carbocycles. The van der Waals surface area contributed by atoms with Gasteiger partial charge in [0.05, 0.1) is 20.1 Å². The zero-order valence-electron chi connectivity index (χ0n) is 9.10. The van der Waals surface area contributed by atoms with E-state index >= 15 is 0 Å². The van der Waals surface area contributed by atoms with Crippen molar-refractivity contribution in [2.45, 2.75) is 19.9 Å². The lowest BCUT2D eigenvalue weighted by molar-refractivity contribution is -0.141. The van der Waals surface area contributed by atoms with Crippen molar-refractivity contribution in [1.82, 2.24) is 9.88 Å². The lowest BCUT2D eigenvalue weighted by Gasteiger charge is -2.17. The molecule has 0 spiro atoms. The van der Waals surface area contributed by atoms with Crippen LogP contribution in [0.1, 0.15) is 18.4 Å². The van der Waals surface area contributed by atoms with Crippen molar-refractivity contribution in [2.75, 3.05) is 20.2 Å². The molecule has 0 bridgehead atoms. The molecule has 15 heavy (non-hydrogen) atoms. The summed E-state index contributed by atoms with van der Waals surface area (Å²) in [6.07, 6.45) is 2.24. The average molecular weight is 228 g/mol. The molecule has 0 aliphatic rings. The molecule has 0 amide bonds. The summed E-state index contributed by atoms with van der Waals surface area (Å²) in [6, 6.07) is 0. The Balaban J connectivity index is 2.33. The van der Waals surface area contributed by atoms with Gasteiger partial charge in [-0.25, -0.2) is 4.98 Å². The van der Waals surface area contributed by atoms with E-state index in [4.69, 9.17) is 0 Å². The fourth-order valence-corrected chi connectivity index (χ4v) is 1.88. The minimum Gasteiger partial charge on any atom is -0.469 e. The first kappa shape index (κ1) is 12.1. The van der Waals surface area contributed by atoms with Crippen LogP contribution in [0.25, 0.3) is 0 Å². The first-order valence-electron chi connectivity index (χ1n) is 4.93. The van der Waals surface area contributed by atoms with Crippen molar-refractivity contribution >= 4 is 17.3 Å². The van der Waals surface area contributed by atoms with Gasteiger partial charge < -0.3 is 4.74 Å². The molecule has 0 aliphatic heterocycles. The number of nitrogens with zero attached hydrogens (tertiary/aromatic N) is 2. The third-order valence-electron chi connectivity index (χ3n) is 2.15. The highest BCUT2D eigenvalue weighted by atomic mass is 32.1. The molecule has 1 heterocycles. The van der Waals surface area contributed by atoms with Gasteiger partial charge in [-0.1, -0.05) is 6.92 Å². The zero-order valence-corrected chi connectivity index (χ0v) is 9.92. The van der Waals surface area contributed by atoms with Crippen LogP contribution in [0.5, 0.6) is 0 Å². The molecule has 84 valence electrons. The highest BCUT2D eigenvalue weighted by molar-refractivity contribution is 7.09. The molecule has 1 aromatic rings. The van der Waals surface area contributed by atoms with Crippen molar-refractivity contribution in [3.8, 4) is 0 Å². The molecule has 0 aliphatic carbocycles. The first-order valence-corrected chi connectivity index (χ1v) is 5.81. The monoisotopic (exact) mass is 228 g/mol. The Kier molecular flexibility index (Phi) is 5.28. The van der Waals surface area contributed by atoms with Gasteiger partial charge in [0.25, 0.3) is 0 Å². The minimum absolute atomic E-state index is 0.160. The number of carbonyl (C=O) groups excluding carboxylic acids is 1. The predicted molar refractivity (Wildman–Crippen MR) is 59.7 cm³/mol. The maximum Gasteiger partial charge on any atom is 0.306 e. The summed E-state index contributed by atoms with van der Waals surface area (Å²) in [5.74, 6) is -0.160. The van der Waals surface area contributed by atoms with Gasteiger partial charge in [0.15, 0.2) is 0 Å². The minimum atomic E-state index is -0.160. The average Bonchev–Trinajstić information content (AvgIpc) is 2.76. The van der Waals surface area contributed by atoms with E-state index in [1.165, 1.54) is 7.11 Å². The molecule has 0 N–H and O–H groups in total. The lowest BCUT2D eigenvalue weighted by atomic mass is 10.3. The van der Waals surface area contributed by atoms with Gasteiger partial charge in [0.1, 0.15) is 5.01 Å². The van der Waals surface area contributed by atoms with E-state index in [0.29, 0.717) is 6.42 Å². The van der Waals surface area contributed by atoms with Crippen LogP contribution in [0, 0.1) is 0 Å². The zero-order chi connectivity index (χ0) is 11.1. The van der Waals surface area contributed by atoms with Gasteiger partial charge in [0.2, 0.25) is 0 Å². The second-order valence-electron chi connectivity index (χ2n) is 3.12. The molecule has 0 saturated heterocycles. The van der Waals surface area contributed by atoms with E-state index in [9.17, 15) is 4.79 Å². The van der Waals surface area contributed by atoms with E-state index in [-0.39, 0.29) is 5.97 Å². The SMILES string of the molecule is CCN(CCC(=O)OC)Cc1nccs1. The maximum absolute atomic E-state index is 11.0. The highest BCUT2D eigenvalue weighted by Gasteiger charge is 2.08. The third kappa shape index (κ3) is 4.40. The van der Waals surface area contributed by atoms with Crippen LogP contribution in [-0.2, 0) is 16.1 Å². The number of rotatable bonds is 6. The van der Waals surface area contributed by atoms with Crippen LogP contribution in [0.2, 0.25) is 0 Å². The van der Waals surface area contributed by atoms with Crippen LogP contribution in [0.15, 0.2) is 11.6 Å². The Morgan fingerprint density at radius 1 is 1.67 bits per heavy atom. The van der Waals surface area contributed by atoms with Gasteiger partial charge in [-0.05, 0) is 6.54 Å². The topological polar surface area (TPSA) is 42.4 Å². The van der Waals surface area contributed by atoms with Crippen LogP contribution in [0.3, 0.4) is 0 Å². The first-order chi connectivity index (χ1) is 7.26. The largest absolute Gasteiger partial charge is 0.469 e. The molecule has 1 aromatic heterocycles. The predicted octanol–water partition coefficient (Wildman–Crippen LogP) is 1.53. The Hall–Kier alpha value is -0.940. The number of hydrogen-bond acceptors (Lipinski definition) is 5. The van der Waals surface area contributed by atoms with Gasteiger partial charge in [-0.2, -0.15) is 0 Å². The van der Waals surface area contributed by atoms with Crippen LogP contribution in [-0.4, -0.2) is 36.1 Å². The normalized spacial score (nSPS) is 10.6. The summed E-state index contributed by atoms with van der Waals surface area (Å²) in [4.78, 5) is 17.4. The van der Waals surface area contributed by atoms with Crippen molar-refractivity contribution in [3.05, 3.63) is 16.6 Å². The molecule has 0 saturated carbocycles. The van der Waals surface area contributed by atoms with E-state index in [2.05, 4.69) is 21.5 Å². The van der Waals surface area contributed by atoms with Gasteiger partial charge in [-0.3, -0.25) is 9.69 Å². The van der Waals surface area contributed by atoms with Crippen molar-refractivity contribution in [1.29, 1.82) is 0 Å². The van der Waals surface area contributed by atoms with Crippen molar-refractivity contribution in [3.63, 3.8) is 0 Å². The lowest BCUT2D eigenvalue weighted by Crippen LogP contribution is -2.26. The molecule has 0 radical (unpaired) electrons. The summed E-state index contributed by atoms with van der Waals surface area (Å²) < 4.78 is 4.60. The number of esters is 1. The fraction of sp³-hybridized carbons (Fsp3) is 0.600. The van der Waals surface area contributed by atoms with Crippen LogP contribution >= 0.6 is 11.3 Å². The summed E-state index contributed by atoms with van der Waals surface area (Å²) in [6.45, 7) is 4.52. The summed E-state index contributed by atoms with van der Waals surface area (Å²) in [7, 11) is 1.42. The molecule has 0 atom stereocenters. The highest BCUT2D eigenvalue weighted by Crippen LogP contribution is 2.08. The van der Waals surface area contributed by atoms with E-state index < -0.39 is 0 Å². The molecule has 0 unspecified atom stereocenters. The number of hydrogen-bond donors (Lipinski definition) is 0. The van der Waals surface area contributed by atoms with Crippen LogP contribution < -0.4 is 0 Å². The Bertz CT molecular complexity index is 288. The molecule has 1 rings (SSSR count). The van der Waals surface area contributed by atoms with Gasteiger partial charge in [-0.15, -0.1) is 11.3 Å². The Morgan fingerprint density at radius 2 is 2.47 bits per heavy atom. The summed E-state index contributed by atoms with van der Waals surface area (Å²) in [5, 5.41) is 3.05. The van der Waals surface area contributed by atoms with Crippen molar-refractivity contribution in [2.24, 2.45) is 0 Å². The molecule has 5 heteroatoms. The third-order valence-corrected chi connectivity index (χ3v) is 2.91. The second-order valence-corrected chi connectivity index (χ2v) is 4.10. The summed E-state index contributed by atoms with van der Waals surface area (Å²) >= 11 is 1.64. The quantitative estimate of drug-likeness (QED) is 0.692. The molecular weight excluding hydrogens is 212 g/mol.